The molecule has 6 rings (SSSR count). The van der Waals surface area contributed by atoms with Crippen molar-refractivity contribution in [3.05, 3.63) is 95.8 Å². The van der Waals surface area contributed by atoms with Crippen LogP contribution in [0.5, 0.6) is 5.75 Å². The van der Waals surface area contributed by atoms with Gasteiger partial charge in [0, 0.05) is 38.3 Å². The summed E-state index contributed by atoms with van der Waals surface area (Å²) in [5, 5.41) is 14.1. The molecule has 1 fully saturated rings. The SMILES string of the molecule is COc1ccccc1[C@@H](c1nnnn1CCc1ccccc1)N1CCN(c2nc3ccccc3s2)CC1. The Morgan fingerprint density at radius 2 is 1.65 bits per heavy atom. The van der Waals surface area contributed by atoms with Gasteiger partial charge in [0.05, 0.1) is 17.3 Å². The molecule has 8 nitrogen and oxygen atoms in total. The Morgan fingerprint density at radius 1 is 0.892 bits per heavy atom. The molecule has 5 aromatic rings. The standard InChI is InChI=1S/C28H29N7OS/c1-36-24-13-7-5-11-22(24)26(27-30-31-32-35(27)16-15-21-9-3-2-4-10-21)33-17-19-34(20-18-33)28-29-23-12-6-8-14-25(23)37-28/h2-14,26H,15-20H2,1H3/t26-/m0/s1. The maximum atomic E-state index is 5.79. The van der Waals surface area contributed by atoms with Crippen LogP contribution in [-0.2, 0) is 13.0 Å². The van der Waals surface area contributed by atoms with Crippen LogP contribution in [0, 0.1) is 0 Å². The fourth-order valence-corrected chi connectivity index (χ4v) is 6.02. The zero-order valence-corrected chi connectivity index (χ0v) is 21.6. The Hall–Kier alpha value is -3.82. The molecule has 37 heavy (non-hydrogen) atoms. The van der Waals surface area contributed by atoms with Gasteiger partial charge in [-0.3, -0.25) is 4.90 Å². The molecule has 2 aromatic heterocycles. The number of aromatic nitrogens is 5. The largest absolute Gasteiger partial charge is 0.496 e. The van der Waals surface area contributed by atoms with E-state index in [1.54, 1.807) is 18.4 Å². The highest BCUT2D eigenvalue weighted by atomic mass is 32.1. The normalized spacial score (nSPS) is 15.2. The Labute approximate surface area is 220 Å². The minimum atomic E-state index is -0.112. The van der Waals surface area contributed by atoms with Gasteiger partial charge in [-0.05, 0) is 40.6 Å². The van der Waals surface area contributed by atoms with Gasteiger partial charge in [0.25, 0.3) is 0 Å². The minimum Gasteiger partial charge on any atom is -0.496 e. The van der Waals surface area contributed by atoms with E-state index in [2.05, 4.69) is 79.9 Å². The van der Waals surface area contributed by atoms with Crippen molar-refractivity contribution in [3.8, 4) is 5.75 Å². The van der Waals surface area contributed by atoms with Crippen LogP contribution in [0.1, 0.15) is 23.0 Å². The van der Waals surface area contributed by atoms with E-state index < -0.39 is 0 Å². The predicted molar refractivity (Wildman–Crippen MR) is 146 cm³/mol. The van der Waals surface area contributed by atoms with Gasteiger partial charge in [-0.1, -0.05) is 72.0 Å². The van der Waals surface area contributed by atoms with Crippen LogP contribution in [0.25, 0.3) is 10.2 Å². The fraction of sp³-hybridized carbons (Fsp3) is 0.286. The summed E-state index contributed by atoms with van der Waals surface area (Å²) in [7, 11) is 1.72. The Balaban J connectivity index is 1.27. The average molecular weight is 512 g/mol. The Kier molecular flexibility index (Phi) is 6.79. The third-order valence-corrected chi connectivity index (χ3v) is 8.02. The van der Waals surface area contributed by atoms with Gasteiger partial charge in [0.1, 0.15) is 11.8 Å². The third kappa shape index (κ3) is 4.92. The summed E-state index contributed by atoms with van der Waals surface area (Å²) in [6.07, 6.45) is 0.864. The minimum absolute atomic E-state index is 0.112. The van der Waals surface area contributed by atoms with E-state index >= 15 is 0 Å². The topological polar surface area (TPSA) is 72.2 Å². The molecule has 0 amide bonds. The van der Waals surface area contributed by atoms with Crippen molar-refractivity contribution in [1.29, 1.82) is 0 Å². The molecule has 1 saturated heterocycles. The lowest BCUT2D eigenvalue weighted by molar-refractivity contribution is 0.197. The summed E-state index contributed by atoms with van der Waals surface area (Å²) < 4.78 is 8.96. The number of hydrogen-bond acceptors (Lipinski definition) is 8. The summed E-state index contributed by atoms with van der Waals surface area (Å²) in [6.45, 7) is 4.21. The molecule has 0 radical (unpaired) electrons. The van der Waals surface area contributed by atoms with E-state index in [1.165, 1.54) is 10.3 Å². The Bertz CT molecular complexity index is 1430. The number of thiazole rings is 1. The molecular weight excluding hydrogens is 482 g/mol. The summed E-state index contributed by atoms with van der Waals surface area (Å²) in [5.74, 6) is 1.69. The van der Waals surface area contributed by atoms with Crippen LogP contribution in [0.15, 0.2) is 78.9 Å². The van der Waals surface area contributed by atoms with E-state index in [9.17, 15) is 0 Å². The molecular formula is C28H29N7OS. The van der Waals surface area contributed by atoms with Crippen LogP contribution in [-0.4, -0.2) is 63.4 Å². The molecule has 0 unspecified atom stereocenters. The molecule has 3 heterocycles. The first kappa shape index (κ1) is 23.6. The molecule has 0 aliphatic carbocycles. The van der Waals surface area contributed by atoms with Crippen molar-refractivity contribution in [3.63, 3.8) is 0 Å². The van der Waals surface area contributed by atoms with Gasteiger partial charge in [-0.15, -0.1) is 5.10 Å². The van der Waals surface area contributed by atoms with Crippen molar-refractivity contribution in [2.75, 3.05) is 38.2 Å². The number of hydrogen-bond donors (Lipinski definition) is 0. The Morgan fingerprint density at radius 3 is 2.46 bits per heavy atom. The molecule has 1 atom stereocenters. The monoisotopic (exact) mass is 511 g/mol. The van der Waals surface area contributed by atoms with E-state index in [0.29, 0.717) is 6.54 Å². The number of aryl methyl sites for hydroxylation is 2. The summed E-state index contributed by atoms with van der Waals surface area (Å²) >= 11 is 1.76. The first-order valence-corrected chi connectivity index (χ1v) is 13.4. The number of para-hydroxylation sites is 2. The van der Waals surface area contributed by atoms with Crippen molar-refractivity contribution in [2.24, 2.45) is 0 Å². The zero-order chi connectivity index (χ0) is 25.0. The number of rotatable bonds is 8. The lowest BCUT2D eigenvalue weighted by atomic mass is 10.0. The van der Waals surface area contributed by atoms with E-state index in [1.807, 2.05) is 28.9 Å². The number of benzene rings is 3. The summed E-state index contributed by atoms with van der Waals surface area (Å²) in [5.41, 5.74) is 3.41. The maximum absolute atomic E-state index is 5.79. The number of anilines is 1. The highest BCUT2D eigenvalue weighted by molar-refractivity contribution is 7.22. The van der Waals surface area contributed by atoms with Gasteiger partial charge < -0.3 is 9.64 Å². The molecule has 0 N–H and O–H groups in total. The van der Waals surface area contributed by atoms with Gasteiger partial charge in [-0.2, -0.15) is 0 Å². The van der Waals surface area contributed by atoms with Gasteiger partial charge in [-0.25, -0.2) is 9.67 Å². The molecule has 0 bridgehead atoms. The lowest BCUT2D eigenvalue weighted by Gasteiger charge is -2.39. The van der Waals surface area contributed by atoms with Gasteiger partial charge >= 0.3 is 0 Å². The first-order chi connectivity index (χ1) is 18.3. The van der Waals surface area contributed by atoms with Crippen LogP contribution in [0.4, 0.5) is 5.13 Å². The second-order valence-electron chi connectivity index (χ2n) is 9.13. The van der Waals surface area contributed by atoms with E-state index in [4.69, 9.17) is 9.72 Å². The van der Waals surface area contributed by atoms with Crippen LogP contribution >= 0.6 is 11.3 Å². The van der Waals surface area contributed by atoms with Crippen molar-refractivity contribution in [1.82, 2.24) is 30.1 Å². The highest BCUT2D eigenvalue weighted by Gasteiger charge is 2.33. The molecule has 1 aliphatic heterocycles. The summed E-state index contributed by atoms with van der Waals surface area (Å²) in [6, 6.07) is 26.9. The van der Waals surface area contributed by atoms with E-state index in [0.717, 1.165) is 60.4 Å². The third-order valence-electron chi connectivity index (χ3n) is 6.93. The number of fused-ring (bicyclic) bond motifs is 1. The number of ether oxygens (including phenoxy) is 1. The quantitative estimate of drug-likeness (QED) is 0.305. The van der Waals surface area contributed by atoms with Gasteiger partial charge in [0.15, 0.2) is 11.0 Å². The second-order valence-corrected chi connectivity index (χ2v) is 10.1. The van der Waals surface area contributed by atoms with Crippen LogP contribution < -0.4 is 9.64 Å². The van der Waals surface area contributed by atoms with Gasteiger partial charge in [0.2, 0.25) is 0 Å². The average Bonchev–Trinajstić information content (AvgIpc) is 3.61. The smallest absolute Gasteiger partial charge is 0.186 e. The van der Waals surface area contributed by atoms with Crippen LogP contribution in [0.3, 0.4) is 0 Å². The number of nitrogens with zero attached hydrogens (tertiary/aromatic N) is 7. The second kappa shape index (κ2) is 10.7. The highest BCUT2D eigenvalue weighted by Crippen LogP contribution is 2.35. The van der Waals surface area contributed by atoms with Crippen LogP contribution in [0.2, 0.25) is 0 Å². The fourth-order valence-electron chi connectivity index (χ4n) is 5.00. The van der Waals surface area contributed by atoms with Crippen molar-refractivity contribution in [2.45, 2.75) is 19.0 Å². The number of piperazine rings is 1. The molecule has 9 heteroatoms. The summed E-state index contributed by atoms with van der Waals surface area (Å²) in [4.78, 5) is 9.73. The first-order valence-electron chi connectivity index (χ1n) is 12.6. The predicted octanol–water partition coefficient (Wildman–Crippen LogP) is 4.45. The lowest BCUT2D eigenvalue weighted by Crippen LogP contribution is -2.48. The maximum Gasteiger partial charge on any atom is 0.186 e. The molecule has 188 valence electrons. The van der Waals surface area contributed by atoms with Crippen molar-refractivity contribution >= 4 is 26.7 Å². The van der Waals surface area contributed by atoms with E-state index in [-0.39, 0.29) is 6.04 Å². The number of methoxy groups -OCH3 is 1. The molecule has 0 saturated carbocycles. The molecule has 0 spiro atoms. The van der Waals surface area contributed by atoms with Crippen molar-refractivity contribution < 1.29 is 4.74 Å². The number of tetrazole rings is 1. The molecule has 3 aromatic carbocycles. The molecule has 1 aliphatic rings. The zero-order valence-electron chi connectivity index (χ0n) is 20.8.